The predicted octanol–water partition coefficient (Wildman–Crippen LogP) is 4.60. The van der Waals surface area contributed by atoms with Crippen molar-refractivity contribution in [3.05, 3.63) is 86.0 Å². The van der Waals surface area contributed by atoms with Crippen molar-refractivity contribution in [2.24, 2.45) is 0 Å². The van der Waals surface area contributed by atoms with Crippen molar-refractivity contribution >= 4 is 32.2 Å². The molecule has 0 spiro atoms. The number of hydrogen-bond donors (Lipinski definition) is 0. The summed E-state index contributed by atoms with van der Waals surface area (Å²) in [7, 11) is 0. The number of halogens is 3. The second-order valence-electron chi connectivity index (χ2n) is 7.63. The third-order valence-corrected chi connectivity index (χ3v) is 6.62. The van der Waals surface area contributed by atoms with Gasteiger partial charge in [0.2, 0.25) is 0 Å². The lowest BCUT2D eigenvalue weighted by molar-refractivity contribution is -0.383. The van der Waals surface area contributed by atoms with E-state index in [0.29, 0.717) is 37.5 Å². The van der Waals surface area contributed by atoms with Gasteiger partial charge in [0.15, 0.2) is 11.0 Å². The van der Waals surface area contributed by atoms with Crippen LogP contribution < -0.4 is 10.5 Å². The molecule has 8 nitrogen and oxygen atoms in total. The largest absolute Gasteiger partial charge is 0.416 e. The Morgan fingerprint density at radius 3 is 2.59 bits per heavy atom. The van der Waals surface area contributed by atoms with E-state index in [0.717, 1.165) is 28.2 Å². The minimum atomic E-state index is -4.83. The van der Waals surface area contributed by atoms with E-state index in [1.165, 1.54) is 0 Å². The van der Waals surface area contributed by atoms with Gasteiger partial charge in [0, 0.05) is 42.9 Å². The number of aromatic nitrogens is 3. The van der Waals surface area contributed by atoms with E-state index in [1.807, 2.05) is 30.3 Å². The molecule has 3 heterocycles. The molecular formula is C22H14F3N5O3S. The highest BCUT2D eigenvalue weighted by Crippen LogP contribution is 2.39. The predicted molar refractivity (Wildman–Crippen MR) is 120 cm³/mol. The molecule has 172 valence electrons. The van der Waals surface area contributed by atoms with Crippen molar-refractivity contribution in [1.29, 1.82) is 0 Å². The number of fused-ring (bicyclic) bond motifs is 2. The van der Waals surface area contributed by atoms with Crippen LogP contribution >= 0.6 is 11.3 Å². The number of nitrogens with zero attached hydrogens (tertiary/aromatic N) is 5. The van der Waals surface area contributed by atoms with Crippen molar-refractivity contribution in [2.75, 3.05) is 11.4 Å². The van der Waals surface area contributed by atoms with Gasteiger partial charge in [-0.15, -0.1) is 0 Å². The summed E-state index contributed by atoms with van der Waals surface area (Å²) in [6.07, 6.45) is -2.62. The van der Waals surface area contributed by atoms with Crippen molar-refractivity contribution in [3.8, 4) is 11.4 Å². The van der Waals surface area contributed by atoms with E-state index in [9.17, 15) is 28.1 Å². The fourth-order valence-corrected chi connectivity index (χ4v) is 4.87. The first-order chi connectivity index (χ1) is 16.2. The summed E-state index contributed by atoms with van der Waals surface area (Å²) in [5.74, 6) is 0.595. The highest BCUT2D eigenvalue weighted by Gasteiger charge is 2.34. The van der Waals surface area contributed by atoms with Crippen molar-refractivity contribution in [1.82, 2.24) is 15.0 Å². The van der Waals surface area contributed by atoms with Crippen LogP contribution in [0, 0.1) is 10.1 Å². The van der Waals surface area contributed by atoms with Gasteiger partial charge >= 0.3 is 6.18 Å². The molecule has 4 aromatic rings. The molecule has 0 aliphatic carbocycles. The van der Waals surface area contributed by atoms with Gasteiger partial charge in [-0.2, -0.15) is 18.2 Å². The maximum atomic E-state index is 13.2. The van der Waals surface area contributed by atoms with Crippen LogP contribution in [0.4, 0.5) is 24.0 Å². The second kappa shape index (κ2) is 8.13. The van der Waals surface area contributed by atoms with Crippen molar-refractivity contribution < 1.29 is 18.1 Å². The molecule has 2 aromatic carbocycles. The quantitative estimate of drug-likeness (QED) is 0.309. The maximum absolute atomic E-state index is 13.2. The second-order valence-corrected chi connectivity index (χ2v) is 8.61. The number of benzene rings is 2. The Morgan fingerprint density at radius 1 is 1.12 bits per heavy atom. The zero-order valence-corrected chi connectivity index (χ0v) is 18.1. The van der Waals surface area contributed by atoms with Gasteiger partial charge in [-0.05, 0) is 6.07 Å². The van der Waals surface area contributed by atoms with E-state index >= 15 is 0 Å². The summed E-state index contributed by atoms with van der Waals surface area (Å²) in [6, 6.07) is 10.6. The van der Waals surface area contributed by atoms with Gasteiger partial charge in [0.25, 0.3) is 11.2 Å². The molecule has 0 fully saturated rings. The minimum Gasteiger partial charge on any atom is -0.343 e. The van der Waals surface area contributed by atoms with Crippen LogP contribution in [0.25, 0.3) is 21.5 Å². The smallest absolute Gasteiger partial charge is 0.343 e. The third kappa shape index (κ3) is 3.96. The molecule has 0 saturated carbocycles. The molecule has 12 heteroatoms. The standard InChI is InChI=1S/C22H14F3N5O3S/c23-22(24,25)14-8-15-18(17(9-14)30(32)33)34-21(28-20(15)31)29-7-6-16-13(11-29)10-26-19(27-16)12-4-2-1-3-5-12/h1-5,8-10H,6-7,11H2. The van der Waals surface area contributed by atoms with E-state index < -0.39 is 33.3 Å². The molecule has 1 aliphatic heterocycles. The number of hydrogen-bond acceptors (Lipinski definition) is 8. The molecule has 0 atom stereocenters. The summed E-state index contributed by atoms with van der Waals surface area (Å²) in [4.78, 5) is 37.9. The Kier molecular flexibility index (Phi) is 5.24. The molecule has 0 saturated heterocycles. The van der Waals surface area contributed by atoms with Gasteiger partial charge in [-0.25, -0.2) is 9.97 Å². The Hall–Kier alpha value is -3.93. The number of nitro groups is 1. The number of rotatable bonds is 3. The summed E-state index contributed by atoms with van der Waals surface area (Å²) in [5, 5.41) is 11.3. The number of non-ortho nitro benzene ring substituents is 1. The summed E-state index contributed by atoms with van der Waals surface area (Å²) >= 11 is 0.822. The highest BCUT2D eigenvalue weighted by atomic mass is 32.1. The topological polar surface area (TPSA) is 102 Å². The van der Waals surface area contributed by atoms with Gasteiger partial charge in [0.05, 0.1) is 21.6 Å². The van der Waals surface area contributed by atoms with E-state index in [-0.39, 0.29) is 9.83 Å². The lowest BCUT2D eigenvalue weighted by Gasteiger charge is -2.28. The van der Waals surface area contributed by atoms with E-state index in [2.05, 4.69) is 15.0 Å². The summed E-state index contributed by atoms with van der Waals surface area (Å²) < 4.78 is 39.4. The zero-order chi connectivity index (χ0) is 24.0. The third-order valence-electron chi connectivity index (χ3n) is 5.45. The lowest BCUT2D eigenvalue weighted by atomic mass is 10.1. The summed E-state index contributed by atoms with van der Waals surface area (Å²) in [6.45, 7) is 0.744. The molecule has 0 bridgehead atoms. The number of nitro benzene ring substituents is 1. The van der Waals surface area contributed by atoms with Crippen LogP contribution in [0.15, 0.2) is 53.5 Å². The molecule has 5 rings (SSSR count). The Bertz CT molecular complexity index is 1490. The molecule has 0 amide bonds. The van der Waals surface area contributed by atoms with Crippen LogP contribution in [0.2, 0.25) is 0 Å². The first kappa shape index (κ1) is 21.9. The SMILES string of the molecule is O=c1nc(N2CCc3nc(-c4ccccc4)ncc3C2)sc2c([N+](=O)[O-])cc(C(F)(F)F)cc12. The molecule has 2 aromatic heterocycles. The Labute approximate surface area is 193 Å². The molecule has 34 heavy (non-hydrogen) atoms. The van der Waals surface area contributed by atoms with Crippen LogP contribution in [-0.4, -0.2) is 26.4 Å². The van der Waals surface area contributed by atoms with E-state index in [4.69, 9.17) is 0 Å². The lowest BCUT2D eigenvalue weighted by Crippen LogP contribution is -2.32. The average molecular weight is 485 g/mol. The van der Waals surface area contributed by atoms with Crippen LogP contribution in [0.5, 0.6) is 0 Å². The molecular weight excluding hydrogens is 471 g/mol. The maximum Gasteiger partial charge on any atom is 0.416 e. The highest BCUT2D eigenvalue weighted by molar-refractivity contribution is 7.22. The Balaban J connectivity index is 1.53. The molecule has 0 N–H and O–H groups in total. The fourth-order valence-electron chi connectivity index (χ4n) is 3.78. The van der Waals surface area contributed by atoms with E-state index in [1.54, 1.807) is 11.1 Å². The van der Waals surface area contributed by atoms with Crippen molar-refractivity contribution in [2.45, 2.75) is 19.1 Å². The monoisotopic (exact) mass is 485 g/mol. The van der Waals surface area contributed by atoms with Crippen molar-refractivity contribution in [3.63, 3.8) is 0 Å². The zero-order valence-electron chi connectivity index (χ0n) is 17.2. The Morgan fingerprint density at radius 2 is 1.88 bits per heavy atom. The van der Waals surface area contributed by atoms with Crippen LogP contribution in [0.3, 0.4) is 0 Å². The average Bonchev–Trinajstić information content (AvgIpc) is 2.82. The first-order valence-corrected chi connectivity index (χ1v) is 10.9. The minimum absolute atomic E-state index is 0.144. The fraction of sp³-hybridized carbons (Fsp3) is 0.182. The summed E-state index contributed by atoms with van der Waals surface area (Å²) in [5.41, 5.74) is -0.437. The first-order valence-electron chi connectivity index (χ1n) is 10.1. The normalized spacial score (nSPS) is 13.7. The molecule has 1 aliphatic rings. The van der Waals surface area contributed by atoms with Gasteiger partial charge in [0.1, 0.15) is 4.70 Å². The number of alkyl halides is 3. The van der Waals surface area contributed by atoms with Gasteiger partial charge in [-0.1, -0.05) is 41.7 Å². The van der Waals surface area contributed by atoms with Gasteiger partial charge in [-0.3, -0.25) is 14.9 Å². The number of anilines is 1. The molecule has 0 unspecified atom stereocenters. The van der Waals surface area contributed by atoms with Crippen LogP contribution in [0.1, 0.15) is 16.8 Å². The van der Waals surface area contributed by atoms with Gasteiger partial charge < -0.3 is 4.90 Å². The molecule has 0 radical (unpaired) electrons. The van der Waals surface area contributed by atoms with Crippen LogP contribution in [-0.2, 0) is 19.1 Å².